The predicted octanol–water partition coefficient (Wildman–Crippen LogP) is 1.69. The molecule has 0 aliphatic heterocycles. The Balaban J connectivity index is 2.06. The molecular weight excluding hydrogens is 208 g/mol. The van der Waals surface area contributed by atoms with Crippen molar-refractivity contribution in [3.05, 3.63) is 36.2 Å². The lowest BCUT2D eigenvalue weighted by molar-refractivity contribution is 0.685. The van der Waals surface area contributed by atoms with Crippen molar-refractivity contribution in [1.82, 2.24) is 14.8 Å². The van der Waals surface area contributed by atoms with Gasteiger partial charge in [-0.3, -0.25) is 0 Å². The van der Waals surface area contributed by atoms with Gasteiger partial charge in [-0.2, -0.15) is 5.10 Å². The molecule has 0 spiro atoms. The molecule has 1 aromatic heterocycles. The fraction of sp³-hybridized carbons (Fsp3) is 0.200. The summed E-state index contributed by atoms with van der Waals surface area (Å²) in [7, 11) is 1.88. The van der Waals surface area contributed by atoms with Crippen molar-refractivity contribution in [3.63, 3.8) is 0 Å². The molecule has 0 amide bonds. The highest BCUT2D eigenvalue weighted by atomic mass is 32.2. The monoisotopic (exact) mass is 220 g/mol. The number of rotatable bonds is 3. The number of para-hydroxylation sites is 1. The maximum Gasteiger partial charge on any atom is 0.186 e. The van der Waals surface area contributed by atoms with Gasteiger partial charge in [0.15, 0.2) is 5.16 Å². The van der Waals surface area contributed by atoms with Gasteiger partial charge in [0.2, 0.25) is 0 Å². The van der Waals surface area contributed by atoms with Gasteiger partial charge in [0.25, 0.3) is 0 Å². The van der Waals surface area contributed by atoms with Gasteiger partial charge in [0, 0.05) is 18.5 Å². The largest absolute Gasteiger partial charge is 0.398 e. The third kappa shape index (κ3) is 2.30. The first-order valence-corrected chi connectivity index (χ1v) is 5.56. The summed E-state index contributed by atoms with van der Waals surface area (Å²) >= 11 is 1.63. The van der Waals surface area contributed by atoms with Crippen LogP contribution in [0, 0.1) is 0 Å². The van der Waals surface area contributed by atoms with E-state index in [0.717, 1.165) is 22.2 Å². The number of nitrogen functional groups attached to an aromatic ring is 1. The van der Waals surface area contributed by atoms with Crippen LogP contribution in [0.3, 0.4) is 0 Å². The zero-order valence-electron chi connectivity index (χ0n) is 8.42. The third-order valence-electron chi connectivity index (χ3n) is 2.08. The Hall–Kier alpha value is -1.49. The van der Waals surface area contributed by atoms with E-state index in [1.165, 1.54) is 0 Å². The van der Waals surface area contributed by atoms with Crippen LogP contribution in [-0.4, -0.2) is 14.8 Å². The van der Waals surface area contributed by atoms with Gasteiger partial charge in [-0.15, -0.1) is 0 Å². The molecule has 0 aliphatic carbocycles. The average Bonchev–Trinajstić information content (AvgIpc) is 2.63. The Morgan fingerprint density at radius 2 is 2.20 bits per heavy atom. The quantitative estimate of drug-likeness (QED) is 0.631. The fourth-order valence-corrected chi connectivity index (χ4v) is 2.13. The number of aromatic nitrogens is 3. The summed E-state index contributed by atoms with van der Waals surface area (Å²) < 4.78 is 1.75. The molecule has 0 atom stereocenters. The highest BCUT2D eigenvalue weighted by molar-refractivity contribution is 7.98. The number of aryl methyl sites for hydroxylation is 1. The Labute approximate surface area is 92.5 Å². The lowest BCUT2D eigenvalue weighted by atomic mass is 10.2. The molecule has 0 aliphatic rings. The Morgan fingerprint density at radius 3 is 2.87 bits per heavy atom. The Morgan fingerprint density at radius 1 is 1.40 bits per heavy atom. The zero-order valence-corrected chi connectivity index (χ0v) is 9.24. The molecule has 1 heterocycles. The van der Waals surface area contributed by atoms with E-state index in [1.54, 1.807) is 22.8 Å². The van der Waals surface area contributed by atoms with Crippen LogP contribution in [0.4, 0.5) is 5.69 Å². The molecule has 0 bridgehead atoms. The molecule has 15 heavy (non-hydrogen) atoms. The lowest BCUT2D eigenvalue weighted by Gasteiger charge is -2.03. The Bertz CT molecular complexity index is 452. The average molecular weight is 220 g/mol. The minimum atomic E-state index is 0.819. The lowest BCUT2D eigenvalue weighted by Crippen LogP contribution is -1.95. The highest BCUT2D eigenvalue weighted by Crippen LogP contribution is 2.22. The van der Waals surface area contributed by atoms with Crippen LogP contribution < -0.4 is 5.73 Å². The summed E-state index contributed by atoms with van der Waals surface area (Å²) in [5, 5.41) is 4.91. The van der Waals surface area contributed by atoms with E-state index < -0.39 is 0 Å². The maximum absolute atomic E-state index is 5.84. The van der Waals surface area contributed by atoms with Gasteiger partial charge in [-0.25, -0.2) is 9.67 Å². The van der Waals surface area contributed by atoms with Gasteiger partial charge < -0.3 is 5.73 Å². The minimum Gasteiger partial charge on any atom is -0.398 e. The molecule has 4 nitrogen and oxygen atoms in total. The molecule has 78 valence electrons. The van der Waals surface area contributed by atoms with Crippen molar-refractivity contribution in [1.29, 1.82) is 0 Å². The number of benzene rings is 1. The molecule has 0 radical (unpaired) electrons. The zero-order chi connectivity index (χ0) is 10.7. The summed E-state index contributed by atoms with van der Waals surface area (Å²) in [5.41, 5.74) is 7.80. The van der Waals surface area contributed by atoms with Crippen molar-refractivity contribution in [2.24, 2.45) is 7.05 Å². The molecular formula is C10H12N4S. The molecule has 1 aromatic carbocycles. The topological polar surface area (TPSA) is 56.7 Å². The molecule has 0 unspecified atom stereocenters. The molecule has 2 rings (SSSR count). The molecule has 2 aromatic rings. The summed E-state index contributed by atoms with van der Waals surface area (Å²) in [6.45, 7) is 0. The van der Waals surface area contributed by atoms with Crippen molar-refractivity contribution >= 4 is 17.4 Å². The SMILES string of the molecule is Cn1ncnc1SCc1ccccc1N. The van der Waals surface area contributed by atoms with E-state index in [4.69, 9.17) is 5.73 Å². The molecule has 0 saturated heterocycles. The van der Waals surface area contributed by atoms with Crippen LogP contribution in [0.15, 0.2) is 35.7 Å². The van der Waals surface area contributed by atoms with Crippen LogP contribution in [-0.2, 0) is 12.8 Å². The van der Waals surface area contributed by atoms with Crippen molar-refractivity contribution in [2.75, 3.05) is 5.73 Å². The second-order valence-electron chi connectivity index (χ2n) is 3.15. The van der Waals surface area contributed by atoms with Crippen molar-refractivity contribution in [3.8, 4) is 0 Å². The minimum absolute atomic E-state index is 0.819. The first-order valence-electron chi connectivity index (χ1n) is 4.57. The highest BCUT2D eigenvalue weighted by Gasteiger charge is 2.03. The number of anilines is 1. The first-order chi connectivity index (χ1) is 7.27. The van der Waals surface area contributed by atoms with E-state index in [0.29, 0.717) is 0 Å². The molecule has 5 heteroatoms. The van der Waals surface area contributed by atoms with Gasteiger partial charge in [0.1, 0.15) is 6.33 Å². The van der Waals surface area contributed by atoms with E-state index in [1.807, 2.05) is 31.3 Å². The van der Waals surface area contributed by atoms with Gasteiger partial charge in [-0.1, -0.05) is 30.0 Å². The van der Waals surface area contributed by atoms with Crippen LogP contribution in [0.2, 0.25) is 0 Å². The van der Waals surface area contributed by atoms with Crippen LogP contribution >= 0.6 is 11.8 Å². The maximum atomic E-state index is 5.84. The van der Waals surface area contributed by atoms with E-state index in [2.05, 4.69) is 10.1 Å². The van der Waals surface area contributed by atoms with E-state index in [9.17, 15) is 0 Å². The number of hydrogen-bond acceptors (Lipinski definition) is 4. The number of thioether (sulfide) groups is 1. The number of hydrogen-bond donors (Lipinski definition) is 1. The summed E-state index contributed by atoms with van der Waals surface area (Å²) in [4.78, 5) is 4.13. The number of nitrogens with two attached hydrogens (primary N) is 1. The van der Waals surface area contributed by atoms with Crippen molar-refractivity contribution < 1.29 is 0 Å². The summed E-state index contributed by atoms with van der Waals surface area (Å²) in [6, 6.07) is 7.86. The normalized spacial score (nSPS) is 10.5. The smallest absolute Gasteiger partial charge is 0.186 e. The first kappa shape index (κ1) is 10.0. The van der Waals surface area contributed by atoms with Crippen LogP contribution in [0.25, 0.3) is 0 Å². The molecule has 0 saturated carbocycles. The third-order valence-corrected chi connectivity index (χ3v) is 3.16. The standard InChI is InChI=1S/C10H12N4S/c1-14-10(12-7-13-14)15-6-8-4-2-3-5-9(8)11/h2-5,7H,6,11H2,1H3. The van der Waals surface area contributed by atoms with E-state index >= 15 is 0 Å². The second-order valence-corrected chi connectivity index (χ2v) is 4.10. The second kappa shape index (κ2) is 4.35. The van der Waals surface area contributed by atoms with E-state index in [-0.39, 0.29) is 0 Å². The predicted molar refractivity (Wildman–Crippen MR) is 61.4 cm³/mol. The number of nitrogens with zero attached hydrogens (tertiary/aromatic N) is 3. The molecule has 0 fully saturated rings. The summed E-state index contributed by atoms with van der Waals surface area (Å²) in [6.07, 6.45) is 1.55. The van der Waals surface area contributed by atoms with Gasteiger partial charge >= 0.3 is 0 Å². The van der Waals surface area contributed by atoms with Crippen LogP contribution in [0.5, 0.6) is 0 Å². The van der Waals surface area contributed by atoms with Gasteiger partial charge in [0.05, 0.1) is 0 Å². The van der Waals surface area contributed by atoms with Crippen LogP contribution in [0.1, 0.15) is 5.56 Å². The summed E-state index contributed by atoms with van der Waals surface area (Å²) in [5.74, 6) is 0.819. The molecule has 2 N–H and O–H groups in total. The fourth-order valence-electron chi connectivity index (χ4n) is 1.22. The Kier molecular flexibility index (Phi) is 2.91. The van der Waals surface area contributed by atoms with Crippen molar-refractivity contribution in [2.45, 2.75) is 10.9 Å². The van der Waals surface area contributed by atoms with Gasteiger partial charge in [-0.05, 0) is 11.6 Å².